The van der Waals surface area contributed by atoms with E-state index in [2.05, 4.69) is 10.1 Å². The molecule has 0 aliphatic heterocycles. The van der Waals surface area contributed by atoms with Gasteiger partial charge in [-0.1, -0.05) is 59.6 Å². The number of aromatic nitrogens is 2. The molecule has 0 fully saturated rings. The Hall–Kier alpha value is -2.30. The topological polar surface area (TPSA) is 56.2 Å². The molecule has 0 aliphatic rings. The quantitative estimate of drug-likeness (QED) is 0.727. The van der Waals surface area contributed by atoms with Crippen LogP contribution in [0.2, 0.25) is 10.0 Å². The first kappa shape index (κ1) is 14.6. The number of imidazole rings is 1. The summed E-state index contributed by atoms with van der Waals surface area (Å²) in [4.78, 5) is 4.30. The molecule has 4 nitrogen and oxygen atoms in total. The summed E-state index contributed by atoms with van der Waals surface area (Å²) in [5.74, 6) is 0.306. The second-order valence-electron chi connectivity index (χ2n) is 4.61. The first-order valence-electron chi connectivity index (χ1n) is 6.53. The predicted molar refractivity (Wildman–Crippen MR) is 91.5 cm³/mol. The van der Waals surface area contributed by atoms with Crippen LogP contribution in [0.15, 0.2) is 59.8 Å². The fourth-order valence-corrected chi connectivity index (χ4v) is 2.41. The lowest BCUT2D eigenvalue weighted by Gasteiger charge is -1.99. The van der Waals surface area contributed by atoms with E-state index in [1.807, 2.05) is 30.3 Å². The molecule has 0 saturated carbocycles. The summed E-state index contributed by atoms with van der Waals surface area (Å²) in [6, 6.07) is 15.0. The highest BCUT2D eigenvalue weighted by atomic mass is 35.5. The third-order valence-electron chi connectivity index (χ3n) is 3.07. The summed E-state index contributed by atoms with van der Waals surface area (Å²) < 4.78 is 1.51. The molecule has 1 aromatic heterocycles. The van der Waals surface area contributed by atoms with Crippen LogP contribution in [0.4, 0.5) is 5.95 Å². The van der Waals surface area contributed by atoms with E-state index < -0.39 is 0 Å². The lowest BCUT2D eigenvalue weighted by Crippen LogP contribution is -1.97. The normalized spacial score (nSPS) is 11.2. The summed E-state index contributed by atoms with van der Waals surface area (Å²) in [6.45, 7) is 0. The van der Waals surface area contributed by atoms with Crippen LogP contribution in [0.3, 0.4) is 0 Å². The Kier molecular flexibility index (Phi) is 4.13. The van der Waals surface area contributed by atoms with Gasteiger partial charge < -0.3 is 5.73 Å². The standard InChI is InChI=1S/C16H12Cl2N4/c17-13-7-6-12(14(18)8-13)9-20-22-10-15(21-16(22)19)11-4-2-1-3-5-11/h1-10H,(H2,19,21)/b20-9-. The van der Waals surface area contributed by atoms with Crippen molar-refractivity contribution < 1.29 is 0 Å². The molecular weight excluding hydrogens is 319 g/mol. The van der Waals surface area contributed by atoms with Crippen molar-refractivity contribution in [2.24, 2.45) is 5.10 Å². The molecule has 0 radical (unpaired) electrons. The van der Waals surface area contributed by atoms with Crippen molar-refractivity contribution in [3.8, 4) is 11.3 Å². The smallest absolute Gasteiger partial charge is 0.221 e. The average molecular weight is 331 g/mol. The van der Waals surface area contributed by atoms with Crippen LogP contribution >= 0.6 is 23.2 Å². The van der Waals surface area contributed by atoms with Crippen molar-refractivity contribution in [3.05, 3.63) is 70.3 Å². The molecule has 2 N–H and O–H groups in total. The number of hydrogen-bond acceptors (Lipinski definition) is 3. The van der Waals surface area contributed by atoms with E-state index in [0.29, 0.717) is 16.0 Å². The van der Waals surface area contributed by atoms with Gasteiger partial charge in [0.05, 0.1) is 23.1 Å². The minimum Gasteiger partial charge on any atom is -0.368 e. The number of hydrogen-bond donors (Lipinski definition) is 1. The number of nitrogens with two attached hydrogens (primary N) is 1. The SMILES string of the molecule is Nc1nc(-c2ccccc2)cn1/N=C\c1ccc(Cl)cc1Cl. The number of benzene rings is 2. The van der Waals surface area contributed by atoms with E-state index in [-0.39, 0.29) is 0 Å². The van der Waals surface area contributed by atoms with E-state index in [9.17, 15) is 0 Å². The van der Waals surface area contributed by atoms with Gasteiger partial charge >= 0.3 is 0 Å². The van der Waals surface area contributed by atoms with Crippen molar-refractivity contribution in [3.63, 3.8) is 0 Å². The van der Waals surface area contributed by atoms with Crippen molar-refractivity contribution in [1.29, 1.82) is 0 Å². The molecule has 0 spiro atoms. The fourth-order valence-electron chi connectivity index (χ4n) is 1.96. The number of rotatable bonds is 3. The number of nitrogen functional groups attached to an aromatic ring is 1. The van der Waals surface area contributed by atoms with E-state index >= 15 is 0 Å². The van der Waals surface area contributed by atoms with Crippen molar-refractivity contribution >= 4 is 35.4 Å². The summed E-state index contributed by atoms with van der Waals surface area (Å²) >= 11 is 12.0. The highest BCUT2D eigenvalue weighted by molar-refractivity contribution is 6.36. The van der Waals surface area contributed by atoms with Crippen LogP contribution in [-0.2, 0) is 0 Å². The Morgan fingerprint density at radius 3 is 2.59 bits per heavy atom. The fraction of sp³-hybridized carbons (Fsp3) is 0. The van der Waals surface area contributed by atoms with Crippen molar-refractivity contribution in [1.82, 2.24) is 9.66 Å². The first-order valence-corrected chi connectivity index (χ1v) is 7.29. The molecule has 3 rings (SSSR count). The Labute approximate surface area is 137 Å². The van der Waals surface area contributed by atoms with Gasteiger partial charge in [-0.2, -0.15) is 5.10 Å². The highest BCUT2D eigenvalue weighted by Gasteiger charge is 2.06. The largest absolute Gasteiger partial charge is 0.368 e. The zero-order valence-corrected chi connectivity index (χ0v) is 13.0. The Balaban J connectivity index is 1.90. The van der Waals surface area contributed by atoms with E-state index in [1.165, 1.54) is 4.68 Å². The maximum Gasteiger partial charge on any atom is 0.221 e. The molecule has 0 amide bonds. The molecule has 6 heteroatoms. The average Bonchev–Trinajstić information content (AvgIpc) is 2.88. The first-order chi connectivity index (χ1) is 10.6. The van der Waals surface area contributed by atoms with Crippen LogP contribution in [-0.4, -0.2) is 15.9 Å². The van der Waals surface area contributed by atoms with Crippen molar-refractivity contribution in [2.75, 3.05) is 5.73 Å². The summed E-state index contributed by atoms with van der Waals surface area (Å²) in [6.07, 6.45) is 3.39. The second-order valence-corrected chi connectivity index (χ2v) is 5.45. The Morgan fingerprint density at radius 1 is 1.09 bits per heavy atom. The molecule has 0 aliphatic carbocycles. The molecular formula is C16H12Cl2N4. The van der Waals surface area contributed by atoms with Gasteiger partial charge in [0, 0.05) is 16.1 Å². The molecule has 1 heterocycles. The van der Waals surface area contributed by atoms with Gasteiger partial charge in [-0.3, -0.25) is 0 Å². The minimum absolute atomic E-state index is 0.306. The van der Waals surface area contributed by atoms with Gasteiger partial charge in [0.2, 0.25) is 5.95 Å². The van der Waals surface area contributed by atoms with Crippen LogP contribution < -0.4 is 5.73 Å². The minimum atomic E-state index is 0.306. The Bertz CT molecular complexity index is 825. The second kappa shape index (κ2) is 6.22. The van der Waals surface area contributed by atoms with E-state index in [0.717, 1.165) is 16.8 Å². The third kappa shape index (κ3) is 3.13. The van der Waals surface area contributed by atoms with Gasteiger partial charge in [0.15, 0.2) is 0 Å². The number of anilines is 1. The molecule has 22 heavy (non-hydrogen) atoms. The molecule has 2 aromatic carbocycles. The summed E-state index contributed by atoms with van der Waals surface area (Å²) in [5, 5.41) is 5.39. The van der Waals surface area contributed by atoms with Gasteiger partial charge in [-0.25, -0.2) is 9.66 Å². The van der Waals surface area contributed by atoms with Crippen LogP contribution in [0.5, 0.6) is 0 Å². The van der Waals surface area contributed by atoms with Crippen LogP contribution in [0.1, 0.15) is 5.56 Å². The lowest BCUT2D eigenvalue weighted by atomic mass is 10.2. The zero-order valence-electron chi connectivity index (χ0n) is 11.4. The highest BCUT2D eigenvalue weighted by Crippen LogP contribution is 2.21. The molecule has 110 valence electrons. The number of nitrogens with zero attached hydrogens (tertiary/aromatic N) is 3. The maximum absolute atomic E-state index is 6.10. The molecule has 0 saturated heterocycles. The third-order valence-corrected chi connectivity index (χ3v) is 3.63. The monoisotopic (exact) mass is 330 g/mol. The van der Waals surface area contributed by atoms with Gasteiger partial charge in [-0.15, -0.1) is 0 Å². The molecule has 3 aromatic rings. The van der Waals surface area contributed by atoms with E-state index in [4.69, 9.17) is 28.9 Å². The molecule has 0 bridgehead atoms. The maximum atomic E-state index is 6.10. The van der Waals surface area contributed by atoms with Crippen LogP contribution in [0, 0.1) is 0 Å². The lowest BCUT2D eigenvalue weighted by molar-refractivity contribution is 0.898. The Morgan fingerprint density at radius 2 is 1.86 bits per heavy atom. The van der Waals surface area contributed by atoms with Crippen LogP contribution in [0.25, 0.3) is 11.3 Å². The number of halogens is 2. The van der Waals surface area contributed by atoms with Gasteiger partial charge in [0.25, 0.3) is 0 Å². The van der Waals surface area contributed by atoms with Gasteiger partial charge in [0.1, 0.15) is 0 Å². The molecule has 0 unspecified atom stereocenters. The molecule has 0 atom stereocenters. The summed E-state index contributed by atoms with van der Waals surface area (Å²) in [7, 11) is 0. The van der Waals surface area contributed by atoms with Gasteiger partial charge in [-0.05, 0) is 12.1 Å². The van der Waals surface area contributed by atoms with Crippen molar-refractivity contribution in [2.45, 2.75) is 0 Å². The van der Waals surface area contributed by atoms with E-state index in [1.54, 1.807) is 30.6 Å². The summed E-state index contributed by atoms with van der Waals surface area (Å²) in [5.41, 5.74) is 8.38. The predicted octanol–water partition coefficient (Wildman–Crippen LogP) is 4.32. The zero-order chi connectivity index (χ0) is 15.5.